The summed E-state index contributed by atoms with van der Waals surface area (Å²) in [6.45, 7) is 1.95. The first kappa shape index (κ1) is 15.8. The van der Waals surface area contributed by atoms with Crippen molar-refractivity contribution >= 4 is 11.9 Å². The number of carbonyl (C=O) groups excluding carboxylic acids is 2. The molecule has 2 N–H and O–H groups in total. The number of β-amino-alcohol motifs (C(OH)–C–C–N with tert-alkyl or cyclic N) is 1. The number of imide groups is 1. The number of nitrogens with zero attached hydrogens (tertiary/aromatic N) is 1. The summed E-state index contributed by atoms with van der Waals surface area (Å²) in [5.74, 6) is 0.447. The fourth-order valence-corrected chi connectivity index (χ4v) is 3.32. The van der Waals surface area contributed by atoms with Gasteiger partial charge in [-0.15, -0.1) is 0 Å². The van der Waals surface area contributed by atoms with Gasteiger partial charge in [-0.3, -0.25) is 9.69 Å². The van der Waals surface area contributed by atoms with Gasteiger partial charge in [-0.1, -0.05) is 25.0 Å². The van der Waals surface area contributed by atoms with Crippen molar-refractivity contribution in [3.63, 3.8) is 0 Å². The first-order valence-electron chi connectivity index (χ1n) is 8.02. The number of aliphatic hydroxyl groups excluding tert-OH is 1. The number of ether oxygens (including phenoxy) is 1. The van der Waals surface area contributed by atoms with Crippen LogP contribution in [0.1, 0.15) is 31.2 Å². The molecule has 1 saturated carbocycles. The lowest BCUT2D eigenvalue weighted by Crippen LogP contribution is -2.45. The van der Waals surface area contributed by atoms with Gasteiger partial charge in [0.2, 0.25) is 0 Å². The summed E-state index contributed by atoms with van der Waals surface area (Å²) >= 11 is 0. The van der Waals surface area contributed by atoms with Crippen LogP contribution in [0.2, 0.25) is 0 Å². The predicted molar refractivity (Wildman–Crippen MR) is 84.1 cm³/mol. The van der Waals surface area contributed by atoms with Crippen LogP contribution in [0.15, 0.2) is 24.3 Å². The minimum Gasteiger partial charge on any atom is -0.491 e. The first-order chi connectivity index (χ1) is 11.0. The number of urea groups is 1. The second-order valence-electron chi connectivity index (χ2n) is 6.42. The van der Waals surface area contributed by atoms with Gasteiger partial charge in [0.25, 0.3) is 5.91 Å². The average Bonchev–Trinajstić information content (AvgIpc) is 3.07. The molecule has 0 bridgehead atoms. The highest BCUT2D eigenvalue weighted by Gasteiger charge is 2.52. The highest BCUT2D eigenvalue weighted by Crippen LogP contribution is 2.35. The van der Waals surface area contributed by atoms with E-state index in [0.29, 0.717) is 18.6 Å². The normalized spacial score (nSPS) is 20.9. The SMILES string of the molecule is Cc1cccc(OC[C@H](O)CN2C(=O)NC3(CCCC3)C2=O)c1. The van der Waals surface area contributed by atoms with E-state index in [1.807, 2.05) is 25.1 Å². The van der Waals surface area contributed by atoms with Gasteiger partial charge in [-0.25, -0.2) is 4.79 Å². The summed E-state index contributed by atoms with van der Waals surface area (Å²) in [6, 6.07) is 7.09. The third-order valence-electron chi connectivity index (χ3n) is 4.53. The first-order valence-corrected chi connectivity index (χ1v) is 8.02. The van der Waals surface area contributed by atoms with E-state index in [2.05, 4.69) is 5.32 Å². The van der Waals surface area contributed by atoms with Crippen molar-refractivity contribution in [2.24, 2.45) is 0 Å². The zero-order valence-corrected chi connectivity index (χ0v) is 13.2. The maximum absolute atomic E-state index is 12.5. The second-order valence-corrected chi connectivity index (χ2v) is 6.42. The lowest BCUT2D eigenvalue weighted by molar-refractivity contribution is -0.132. The van der Waals surface area contributed by atoms with E-state index >= 15 is 0 Å². The Bertz CT molecular complexity index is 610. The number of nitrogens with one attached hydrogen (secondary N) is 1. The molecule has 3 amide bonds. The Labute approximate surface area is 135 Å². The highest BCUT2D eigenvalue weighted by molar-refractivity contribution is 6.07. The molecule has 1 aliphatic heterocycles. The molecule has 1 heterocycles. The second kappa shape index (κ2) is 6.20. The molecule has 6 heteroatoms. The van der Waals surface area contributed by atoms with Gasteiger partial charge in [0, 0.05) is 0 Å². The van der Waals surface area contributed by atoms with E-state index in [0.717, 1.165) is 23.3 Å². The van der Waals surface area contributed by atoms with Crippen LogP contribution in [-0.2, 0) is 4.79 Å². The molecular formula is C17H22N2O4. The van der Waals surface area contributed by atoms with Crippen molar-refractivity contribution in [1.29, 1.82) is 0 Å². The minimum atomic E-state index is -0.915. The van der Waals surface area contributed by atoms with Crippen molar-refractivity contribution in [2.45, 2.75) is 44.2 Å². The van der Waals surface area contributed by atoms with Crippen LogP contribution in [0.4, 0.5) is 4.79 Å². The summed E-state index contributed by atoms with van der Waals surface area (Å²) in [7, 11) is 0. The number of carbonyl (C=O) groups is 2. The fourth-order valence-electron chi connectivity index (χ4n) is 3.32. The van der Waals surface area contributed by atoms with Crippen molar-refractivity contribution < 1.29 is 19.4 Å². The molecule has 1 spiro atoms. The molecule has 6 nitrogen and oxygen atoms in total. The number of rotatable bonds is 5. The lowest BCUT2D eigenvalue weighted by Gasteiger charge is -2.21. The summed E-state index contributed by atoms with van der Waals surface area (Å²) in [4.78, 5) is 25.6. The van der Waals surface area contributed by atoms with Crippen molar-refractivity contribution in [1.82, 2.24) is 10.2 Å². The summed E-state index contributed by atoms with van der Waals surface area (Å²) in [5.41, 5.74) is 0.336. The summed E-state index contributed by atoms with van der Waals surface area (Å²) in [6.07, 6.45) is 2.34. The van der Waals surface area contributed by atoms with Gasteiger partial charge in [0.05, 0.1) is 6.54 Å². The van der Waals surface area contributed by atoms with Crippen LogP contribution in [0.5, 0.6) is 5.75 Å². The Morgan fingerprint density at radius 2 is 2.09 bits per heavy atom. The van der Waals surface area contributed by atoms with Crippen LogP contribution in [-0.4, -0.2) is 46.7 Å². The third-order valence-corrected chi connectivity index (χ3v) is 4.53. The van der Waals surface area contributed by atoms with E-state index < -0.39 is 17.7 Å². The zero-order chi connectivity index (χ0) is 16.4. The molecule has 1 saturated heterocycles. The van der Waals surface area contributed by atoms with Crippen molar-refractivity contribution in [3.8, 4) is 5.75 Å². The molecule has 0 aromatic heterocycles. The predicted octanol–water partition coefficient (Wildman–Crippen LogP) is 1.60. The molecule has 0 radical (unpaired) electrons. The average molecular weight is 318 g/mol. The molecule has 3 rings (SSSR count). The molecule has 2 aliphatic rings. The summed E-state index contributed by atoms with van der Waals surface area (Å²) < 4.78 is 5.53. The number of hydrogen-bond acceptors (Lipinski definition) is 4. The monoisotopic (exact) mass is 318 g/mol. The van der Waals surface area contributed by atoms with Crippen molar-refractivity contribution in [2.75, 3.05) is 13.2 Å². The lowest BCUT2D eigenvalue weighted by atomic mass is 9.98. The standard InChI is InChI=1S/C17H22N2O4/c1-12-5-4-6-14(9-12)23-11-13(20)10-19-15(21)17(18-16(19)22)7-2-3-8-17/h4-6,9,13,20H,2-3,7-8,10-11H2,1H3,(H,18,22)/t13-/m1/s1. The number of aliphatic hydroxyl groups is 1. The van der Waals surface area contributed by atoms with E-state index in [1.165, 1.54) is 0 Å². The topological polar surface area (TPSA) is 78.9 Å². The Morgan fingerprint density at radius 3 is 2.78 bits per heavy atom. The number of amides is 3. The van der Waals surface area contributed by atoms with Gasteiger partial charge in [-0.05, 0) is 37.5 Å². The zero-order valence-electron chi connectivity index (χ0n) is 13.2. The van der Waals surface area contributed by atoms with Crippen molar-refractivity contribution in [3.05, 3.63) is 29.8 Å². The van der Waals surface area contributed by atoms with Gasteiger partial charge in [0.15, 0.2) is 0 Å². The Balaban J connectivity index is 1.56. The molecule has 2 fully saturated rings. The van der Waals surface area contributed by atoms with E-state index in [1.54, 1.807) is 6.07 Å². The molecule has 1 atom stereocenters. The number of aryl methyl sites for hydroxylation is 1. The van der Waals surface area contributed by atoms with Gasteiger partial charge in [0.1, 0.15) is 24.0 Å². The molecular weight excluding hydrogens is 296 g/mol. The summed E-state index contributed by atoms with van der Waals surface area (Å²) in [5, 5.41) is 12.9. The number of benzene rings is 1. The fraction of sp³-hybridized carbons (Fsp3) is 0.529. The smallest absolute Gasteiger partial charge is 0.325 e. The highest BCUT2D eigenvalue weighted by atomic mass is 16.5. The molecule has 1 aromatic rings. The Hall–Kier alpha value is -2.08. The Kier molecular flexibility index (Phi) is 4.26. The maximum atomic E-state index is 12.5. The maximum Gasteiger partial charge on any atom is 0.325 e. The molecule has 23 heavy (non-hydrogen) atoms. The number of hydrogen-bond donors (Lipinski definition) is 2. The quantitative estimate of drug-likeness (QED) is 0.808. The van der Waals surface area contributed by atoms with E-state index in [4.69, 9.17) is 4.74 Å². The van der Waals surface area contributed by atoms with Crippen LogP contribution < -0.4 is 10.1 Å². The van der Waals surface area contributed by atoms with Gasteiger partial charge < -0.3 is 15.2 Å². The van der Waals surface area contributed by atoms with E-state index in [9.17, 15) is 14.7 Å². The third kappa shape index (κ3) is 3.17. The van der Waals surface area contributed by atoms with Crippen LogP contribution >= 0.6 is 0 Å². The largest absolute Gasteiger partial charge is 0.491 e. The van der Waals surface area contributed by atoms with Gasteiger partial charge >= 0.3 is 6.03 Å². The van der Waals surface area contributed by atoms with E-state index in [-0.39, 0.29) is 19.1 Å². The molecule has 1 aromatic carbocycles. The van der Waals surface area contributed by atoms with Gasteiger partial charge in [-0.2, -0.15) is 0 Å². The van der Waals surface area contributed by atoms with Crippen LogP contribution in [0.25, 0.3) is 0 Å². The molecule has 0 unspecified atom stereocenters. The minimum absolute atomic E-state index is 0.0352. The van der Waals surface area contributed by atoms with Crippen LogP contribution in [0.3, 0.4) is 0 Å². The van der Waals surface area contributed by atoms with Crippen LogP contribution in [0, 0.1) is 6.92 Å². The molecule has 1 aliphatic carbocycles. The molecule has 124 valence electrons. The Morgan fingerprint density at radius 1 is 1.35 bits per heavy atom.